The van der Waals surface area contributed by atoms with Gasteiger partial charge in [-0.3, -0.25) is 4.79 Å². The standard InChI is InChI=1S/C16H28O/c1-2-3-4-12-16(17)15-11-7-9-13-8-5-6-10-14(13)15/h13-15H,2-12H2,1H3. The maximum atomic E-state index is 12.3. The van der Waals surface area contributed by atoms with E-state index in [-0.39, 0.29) is 0 Å². The highest BCUT2D eigenvalue weighted by Crippen LogP contribution is 2.44. The smallest absolute Gasteiger partial charge is 0.136 e. The van der Waals surface area contributed by atoms with Crippen molar-refractivity contribution in [1.29, 1.82) is 0 Å². The third kappa shape index (κ3) is 3.33. The summed E-state index contributed by atoms with van der Waals surface area (Å²) in [6, 6.07) is 0. The maximum absolute atomic E-state index is 12.3. The minimum atomic E-state index is 0.450. The summed E-state index contributed by atoms with van der Waals surface area (Å²) >= 11 is 0. The first kappa shape index (κ1) is 13.1. The fourth-order valence-corrected chi connectivity index (χ4v) is 4.07. The zero-order chi connectivity index (χ0) is 12.1. The SMILES string of the molecule is CCCCCC(=O)C1CCCC2CCCCC21. The second-order valence-corrected chi connectivity index (χ2v) is 6.17. The lowest BCUT2D eigenvalue weighted by atomic mass is 9.64. The number of rotatable bonds is 5. The lowest BCUT2D eigenvalue weighted by Crippen LogP contribution is -2.35. The quantitative estimate of drug-likeness (QED) is 0.630. The zero-order valence-electron chi connectivity index (χ0n) is 11.4. The molecule has 3 unspecified atom stereocenters. The fourth-order valence-electron chi connectivity index (χ4n) is 4.07. The summed E-state index contributed by atoms with van der Waals surface area (Å²) in [5, 5.41) is 0. The van der Waals surface area contributed by atoms with Gasteiger partial charge < -0.3 is 0 Å². The summed E-state index contributed by atoms with van der Waals surface area (Å²) in [5.41, 5.74) is 0. The van der Waals surface area contributed by atoms with Crippen LogP contribution in [0.1, 0.15) is 77.6 Å². The Hall–Kier alpha value is -0.330. The van der Waals surface area contributed by atoms with Crippen molar-refractivity contribution in [2.24, 2.45) is 17.8 Å². The number of Topliss-reactive ketones (excluding diaryl/α,β-unsaturated/α-hetero) is 1. The van der Waals surface area contributed by atoms with Gasteiger partial charge in [-0.15, -0.1) is 0 Å². The molecule has 3 atom stereocenters. The summed E-state index contributed by atoms with van der Waals surface area (Å²) in [7, 11) is 0. The summed E-state index contributed by atoms with van der Waals surface area (Å²) in [6.45, 7) is 2.21. The van der Waals surface area contributed by atoms with Crippen LogP contribution in [0.4, 0.5) is 0 Å². The molecule has 0 spiro atoms. The summed E-state index contributed by atoms with van der Waals surface area (Å²) < 4.78 is 0. The van der Waals surface area contributed by atoms with E-state index in [0.717, 1.165) is 24.7 Å². The largest absolute Gasteiger partial charge is 0.299 e. The molecule has 0 aromatic carbocycles. The van der Waals surface area contributed by atoms with Crippen LogP contribution in [0, 0.1) is 17.8 Å². The Morgan fingerprint density at radius 3 is 2.59 bits per heavy atom. The number of carbonyl (C=O) groups excluding carboxylic acids is 1. The van der Waals surface area contributed by atoms with Crippen molar-refractivity contribution in [2.75, 3.05) is 0 Å². The van der Waals surface area contributed by atoms with Crippen LogP contribution >= 0.6 is 0 Å². The molecule has 0 saturated heterocycles. The van der Waals surface area contributed by atoms with Gasteiger partial charge in [-0.2, -0.15) is 0 Å². The highest BCUT2D eigenvalue weighted by Gasteiger charge is 2.37. The van der Waals surface area contributed by atoms with E-state index in [0.29, 0.717) is 11.7 Å². The van der Waals surface area contributed by atoms with Crippen LogP contribution < -0.4 is 0 Å². The number of unbranched alkanes of at least 4 members (excludes halogenated alkanes) is 2. The van der Waals surface area contributed by atoms with E-state index in [1.807, 2.05) is 0 Å². The third-order valence-corrected chi connectivity index (χ3v) is 5.02. The number of carbonyl (C=O) groups is 1. The van der Waals surface area contributed by atoms with Gasteiger partial charge in [-0.1, -0.05) is 51.9 Å². The van der Waals surface area contributed by atoms with E-state index in [1.54, 1.807) is 0 Å². The minimum Gasteiger partial charge on any atom is -0.299 e. The van der Waals surface area contributed by atoms with Crippen molar-refractivity contribution >= 4 is 5.78 Å². The molecule has 2 aliphatic rings. The van der Waals surface area contributed by atoms with Crippen LogP contribution in [0.3, 0.4) is 0 Å². The van der Waals surface area contributed by atoms with Gasteiger partial charge in [0.15, 0.2) is 0 Å². The van der Waals surface area contributed by atoms with Crippen LogP contribution in [0.2, 0.25) is 0 Å². The Bertz CT molecular complexity index is 244. The second kappa shape index (κ2) is 6.56. The maximum Gasteiger partial charge on any atom is 0.136 e. The molecular formula is C16H28O. The molecule has 0 amide bonds. The Kier molecular flexibility index (Phi) is 5.06. The highest BCUT2D eigenvalue weighted by atomic mass is 16.1. The second-order valence-electron chi connectivity index (χ2n) is 6.17. The Balaban J connectivity index is 1.87. The number of ketones is 1. The van der Waals surface area contributed by atoms with Gasteiger partial charge >= 0.3 is 0 Å². The lowest BCUT2D eigenvalue weighted by molar-refractivity contribution is -0.127. The average molecular weight is 236 g/mol. The van der Waals surface area contributed by atoms with Gasteiger partial charge in [0.2, 0.25) is 0 Å². The van der Waals surface area contributed by atoms with Gasteiger partial charge in [0.25, 0.3) is 0 Å². The molecule has 0 aromatic heterocycles. The van der Waals surface area contributed by atoms with E-state index in [1.165, 1.54) is 57.8 Å². The van der Waals surface area contributed by atoms with E-state index < -0.39 is 0 Å². The number of hydrogen-bond acceptors (Lipinski definition) is 1. The van der Waals surface area contributed by atoms with Gasteiger partial charge in [-0.05, 0) is 31.1 Å². The predicted octanol–water partition coefficient (Wildman–Crippen LogP) is 4.74. The molecule has 2 rings (SSSR count). The van der Waals surface area contributed by atoms with E-state index >= 15 is 0 Å². The van der Waals surface area contributed by atoms with Gasteiger partial charge in [-0.25, -0.2) is 0 Å². The Labute approximate surface area is 106 Å². The topological polar surface area (TPSA) is 17.1 Å². The molecular weight excluding hydrogens is 208 g/mol. The summed E-state index contributed by atoms with van der Waals surface area (Å²) in [4.78, 5) is 12.3. The predicted molar refractivity (Wildman–Crippen MR) is 71.9 cm³/mol. The van der Waals surface area contributed by atoms with Gasteiger partial charge in [0, 0.05) is 12.3 Å². The minimum absolute atomic E-state index is 0.450. The first-order chi connectivity index (χ1) is 8.33. The average Bonchev–Trinajstić information content (AvgIpc) is 2.38. The van der Waals surface area contributed by atoms with Crippen molar-refractivity contribution < 1.29 is 4.79 Å². The lowest BCUT2D eigenvalue weighted by Gasteiger charge is -2.40. The van der Waals surface area contributed by atoms with Gasteiger partial charge in [0.1, 0.15) is 5.78 Å². The van der Waals surface area contributed by atoms with Gasteiger partial charge in [0.05, 0.1) is 0 Å². The molecule has 0 N–H and O–H groups in total. The highest BCUT2D eigenvalue weighted by molar-refractivity contribution is 5.81. The molecule has 1 nitrogen and oxygen atoms in total. The van der Waals surface area contributed by atoms with Crippen molar-refractivity contribution in [2.45, 2.75) is 77.6 Å². The van der Waals surface area contributed by atoms with Crippen LogP contribution in [-0.4, -0.2) is 5.78 Å². The van der Waals surface area contributed by atoms with Crippen LogP contribution in [0.5, 0.6) is 0 Å². The van der Waals surface area contributed by atoms with E-state index in [2.05, 4.69) is 6.92 Å². The summed E-state index contributed by atoms with van der Waals surface area (Å²) in [6.07, 6.45) is 13.9. The van der Waals surface area contributed by atoms with Crippen molar-refractivity contribution in [3.8, 4) is 0 Å². The van der Waals surface area contributed by atoms with Crippen molar-refractivity contribution in [1.82, 2.24) is 0 Å². The molecule has 2 aliphatic carbocycles. The Morgan fingerprint density at radius 1 is 1.00 bits per heavy atom. The monoisotopic (exact) mass is 236 g/mol. The molecule has 0 aliphatic heterocycles. The van der Waals surface area contributed by atoms with E-state index in [4.69, 9.17) is 0 Å². The molecule has 0 bridgehead atoms. The molecule has 0 aromatic rings. The molecule has 2 saturated carbocycles. The van der Waals surface area contributed by atoms with Crippen molar-refractivity contribution in [3.05, 3.63) is 0 Å². The molecule has 1 heteroatoms. The number of hydrogen-bond donors (Lipinski definition) is 0. The molecule has 17 heavy (non-hydrogen) atoms. The first-order valence-corrected chi connectivity index (χ1v) is 7.85. The van der Waals surface area contributed by atoms with Crippen LogP contribution in [0.25, 0.3) is 0 Å². The molecule has 0 radical (unpaired) electrons. The molecule has 2 fully saturated rings. The molecule has 0 heterocycles. The fraction of sp³-hybridized carbons (Fsp3) is 0.938. The number of fused-ring (bicyclic) bond motifs is 1. The van der Waals surface area contributed by atoms with Crippen LogP contribution in [0.15, 0.2) is 0 Å². The first-order valence-electron chi connectivity index (χ1n) is 7.85. The third-order valence-electron chi connectivity index (χ3n) is 5.02. The summed E-state index contributed by atoms with van der Waals surface area (Å²) in [5.74, 6) is 2.73. The van der Waals surface area contributed by atoms with Crippen LogP contribution in [-0.2, 0) is 4.79 Å². The zero-order valence-corrected chi connectivity index (χ0v) is 11.4. The van der Waals surface area contributed by atoms with E-state index in [9.17, 15) is 4.79 Å². The molecule has 98 valence electrons. The van der Waals surface area contributed by atoms with Crippen molar-refractivity contribution in [3.63, 3.8) is 0 Å². The Morgan fingerprint density at radius 2 is 1.76 bits per heavy atom. The normalized spacial score (nSPS) is 33.1.